The first kappa shape index (κ1) is 14.5. The molecule has 7 heteroatoms. The van der Waals surface area contributed by atoms with Crippen molar-refractivity contribution >= 4 is 11.7 Å². The number of anilines is 1. The molecule has 0 aliphatic heterocycles. The molecule has 2 aromatic heterocycles. The molecule has 1 fully saturated rings. The highest BCUT2D eigenvalue weighted by Crippen LogP contribution is 2.28. The maximum atomic E-state index is 12.0. The second kappa shape index (κ2) is 6.15. The minimum absolute atomic E-state index is 0.260. The van der Waals surface area contributed by atoms with Gasteiger partial charge in [0.15, 0.2) is 0 Å². The van der Waals surface area contributed by atoms with E-state index in [2.05, 4.69) is 25.8 Å². The lowest BCUT2D eigenvalue weighted by molar-refractivity contribution is 0.0506. The normalized spacial score (nSPS) is 16.4. The maximum Gasteiger partial charge on any atom is 0.319 e. The number of hydrogen-bond acceptors (Lipinski definition) is 4. The number of H-pyrrole nitrogens is 1. The third-order valence-corrected chi connectivity index (χ3v) is 3.92. The quantitative estimate of drug-likeness (QED) is 0.692. The molecule has 1 aliphatic carbocycles. The van der Waals surface area contributed by atoms with Gasteiger partial charge in [-0.1, -0.05) is 18.9 Å². The van der Waals surface area contributed by atoms with Crippen molar-refractivity contribution in [2.24, 2.45) is 0 Å². The SMILES string of the molecule is O=C(NCC1(O)CCCC1)Nc1cn[nH]c1-c1ccccn1. The monoisotopic (exact) mass is 301 g/mol. The Morgan fingerprint density at radius 3 is 2.91 bits per heavy atom. The van der Waals surface area contributed by atoms with Gasteiger partial charge in [0.1, 0.15) is 5.69 Å². The summed E-state index contributed by atoms with van der Waals surface area (Å²) in [6.45, 7) is 0.260. The van der Waals surface area contributed by atoms with Gasteiger partial charge in [0, 0.05) is 12.7 Å². The lowest BCUT2D eigenvalue weighted by Crippen LogP contribution is -2.42. The van der Waals surface area contributed by atoms with Crippen molar-refractivity contribution in [1.29, 1.82) is 0 Å². The molecule has 22 heavy (non-hydrogen) atoms. The van der Waals surface area contributed by atoms with Crippen LogP contribution >= 0.6 is 0 Å². The van der Waals surface area contributed by atoms with Gasteiger partial charge in [-0.3, -0.25) is 10.1 Å². The standard InChI is InChI=1S/C15H19N5O2/c21-14(17-10-15(22)6-2-3-7-15)19-12-9-18-20-13(12)11-5-1-4-8-16-11/h1,4-5,8-9,22H,2-3,6-7,10H2,(H,18,20)(H2,17,19,21). The summed E-state index contributed by atoms with van der Waals surface area (Å²) in [7, 11) is 0. The summed E-state index contributed by atoms with van der Waals surface area (Å²) in [5.41, 5.74) is 1.13. The summed E-state index contributed by atoms with van der Waals surface area (Å²) >= 11 is 0. The third kappa shape index (κ3) is 3.25. The Kier molecular flexibility index (Phi) is 4.06. The molecule has 1 saturated carbocycles. The van der Waals surface area contributed by atoms with Crippen LogP contribution in [0.25, 0.3) is 11.4 Å². The molecule has 0 atom stereocenters. The Morgan fingerprint density at radius 1 is 1.36 bits per heavy atom. The van der Waals surface area contributed by atoms with E-state index >= 15 is 0 Å². The van der Waals surface area contributed by atoms with Gasteiger partial charge in [-0.05, 0) is 25.0 Å². The average Bonchev–Trinajstić information content (AvgIpc) is 3.16. The lowest BCUT2D eigenvalue weighted by atomic mass is 10.0. The zero-order chi connectivity index (χ0) is 15.4. The van der Waals surface area contributed by atoms with Crippen LogP contribution in [-0.4, -0.2) is 38.5 Å². The highest BCUT2D eigenvalue weighted by atomic mass is 16.3. The number of urea groups is 1. The smallest absolute Gasteiger partial charge is 0.319 e. The fourth-order valence-electron chi connectivity index (χ4n) is 2.71. The first-order valence-corrected chi connectivity index (χ1v) is 7.38. The lowest BCUT2D eigenvalue weighted by Gasteiger charge is -2.22. The van der Waals surface area contributed by atoms with E-state index in [-0.39, 0.29) is 12.6 Å². The largest absolute Gasteiger partial charge is 0.388 e. The number of carbonyl (C=O) groups excluding carboxylic acids is 1. The van der Waals surface area contributed by atoms with Gasteiger partial charge in [0.25, 0.3) is 0 Å². The molecule has 4 N–H and O–H groups in total. The molecule has 116 valence electrons. The number of hydrogen-bond donors (Lipinski definition) is 4. The van der Waals surface area contributed by atoms with Crippen LogP contribution in [0.1, 0.15) is 25.7 Å². The summed E-state index contributed by atoms with van der Waals surface area (Å²) in [4.78, 5) is 16.2. The van der Waals surface area contributed by atoms with E-state index in [1.54, 1.807) is 6.20 Å². The summed E-state index contributed by atoms with van der Waals surface area (Å²) in [5.74, 6) is 0. The maximum absolute atomic E-state index is 12.0. The van der Waals surface area contributed by atoms with Gasteiger partial charge in [0.05, 0.1) is 23.2 Å². The number of carbonyl (C=O) groups is 1. The highest BCUT2D eigenvalue weighted by molar-refractivity contribution is 5.92. The van der Waals surface area contributed by atoms with E-state index in [4.69, 9.17) is 0 Å². The van der Waals surface area contributed by atoms with Crippen LogP contribution in [0.15, 0.2) is 30.6 Å². The number of amides is 2. The van der Waals surface area contributed by atoms with Gasteiger partial charge >= 0.3 is 6.03 Å². The van der Waals surface area contributed by atoms with Crippen molar-refractivity contribution in [2.75, 3.05) is 11.9 Å². The van der Waals surface area contributed by atoms with Crippen LogP contribution in [0.2, 0.25) is 0 Å². The van der Waals surface area contributed by atoms with Crippen molar-refractivity contribution < 1.29 is 9.90 Å². The van der Waals surface area contributed by atoms with Crippen LogP contribution < -0.4 is 10.6 Å². The number of aromatic nitrogens is 3. The molecule has 2 amide bonds. The molecule has 0 aromatic carbocycles. The van der Waals surface area contributed by atoms with E-state index in [0.29, 0.717) is 17.1 Å². The molecule has 0 unspecified atom stereocenters. The van der Waals surface area contributed by atoms with Gasteiger partial charge in [-0.2, -0.15) is 5.10 Å². The summed E-state index contributed by atoms with van der Waals surface area (Å²) in [6.07, 6.45) is 6.69. The third-order valence-electron chi connectivity index (χ3n) is 3.92. The van der Waals surface area contributed by atoms with Crippen LogP contribution in [-0.2, 0) is 0 Å². The molecule has 0 bridgehead atoms. The Balaban J connectivity index is 1.62. The fourth-order valence-corrected chi connectivity index (χ4v) is 2.71. The minimum Gasteiger partial charge on any atom is -0.388 e. The molecule has 3 rings (SSSR count). The van der Waals surface area contributed by atoms with E-state index in [0.717, 1.165) is 25.7 Å². The summed E-state index contributed by atoms with van der Waals surface area (Å²) in [5, 5.41) is 22.5. The molecular weight excluding hydrogens is 282 g/mol. The van der Waals surface area contributed by atoms with E-state index in [1.165, 1.54) is 6.20 Å². The molecule has 1 aliphatic rings. The van der Waals surface area contributed by atoms with Crippen LogP contribution in [0.5, 0.6) is 0 Å². The predicted octanol–water partition coefficient (Wildman–Crippen LogP) is 1.90. The first-order valence-electron chi connectivity index (χ1n) is 7.38. The average molecular weight is 301 g/mol. The Morgan fingerprint density at radius 2 is 2.18 bits per heavy atom. The second-order valence-corrected chi connectivity index (χ2v) is 5.61. The Labute approximate surface area is 128 Å². The van der Waals surface area contributed by atoms with Gasteiger partial charge in [-0.15, -0.1) is 0 Å². The Bertz CT molecular complexity index is 634. The van der Waals surface area contributed by atoms with E-state index < -0.39 is 5.60 Å². The first-order chi connectivity index (χ1) is 10.7. The summed E-state index contributed by atoms with van der Waals surface area (Å²) < 4.78 is 0. The van der Waals surface area contributed by atoms with Gasteiger partial charge in [0.2, 0.25) is 0 Å². The molecule has 2 aromatic rings. The van der Waals surface area contributed by atoms with E-state index in [1.807, 2.05) is 18.2 Å². The number of aliphatic hydroxyl groups is 1. The Hall–Kier alpha value is -2.41. The zero-order valence-electron chi connectivity index (χ0n) is 12.2. The van der Waals surface area contributed by atoms with Crippen LogP contribution in [0.4, 0.5) is 10.5 Å². The summed E-state index contributed by atoms with van der Waals surface area (Å²) in [6, 6.07) is 5.15. The van der Waals surface area contributed by atoms with Crippen molar-refractivity contribution in [3.05, 3.63) is 30.6 Å². The number of nitrogens with zero attached hydrogens (tertiary/aromatic N) is 2. The fraction of sp³-hybridized carbons (Fsp3) is 0.400. The number of pyridine rings is 1. The zero-order valence-corrected chi connectivity index (χ0v) is 12.2. The molecule has 7 nitrogen and oxygen atoms in total. The molecular formula is C15H19N5O2. The van der Waals surface area contributed by atoms with Gasteiger partial charge < -0.3 is 15.7 Å². The molecule has 0 spiro atoms. The second-order valence-electron chi connectivity index (χ2n) is 5.61. The van der Waals surface area contributed by atoms with Gasteiger partial charge in [-0.25, -0.2) is 4.79 Å². The van der Waals surface area contributed by atoms with E-state index in [9.17, 15) is 9.90 Å². The van der Waals surface area contributed by atoms with Crippen molar-refractivity contribution in [1.82, 2.24) is 20.5 Å². The van der Waals surface area contributed by atoms with Crippen molar-refractivity contribution in [2.45, 2.75) is 31.3 Å². The van der Waals surface area contributed by atoms with Crippen LogP contribution in [0.3, 0.4) is 0 Å². The molecule has 0 saturated heterocycles. The topological polar surface area (TPSA) is 103 Å². The minimum atomic E-state index is -0.766. The molecule has 2 heterocycles. The predicted molar refractivity (Wildman–Crippen MR) is 82.3 cm³/mol. The van der Waals surface area contributed by atoms with Crippen molar-refractivity contribution in [3.8, 4) is 11.4 Å². The highest BCUT2D eigenvalue weighted by Gasteiger charge is 2.31. The number of nitrogens with one attached hydrogen (secondary N) is 3. The van der Waals surface area contributed by atoms with Crippen molar-refractivity contribution in [3.63, 3.8) is 0 Å². The molecule has 0 radical (unpaired) electrons. The van der Waals surface area contributed by atoms with Crippen LogP contribution in [0, 0.1) is 0 Å². The number of aromatic amines is 1. The number of rotatable bonds is 4.